The van der Waals surface area contributed by atoms with Crippen LogP contribution in [0.5, 0.6) is 0 Å². The van der Waals surface area contributed by atoms with E-state index < -0.39 is 0 Å². The molecule has 0 saturated heterocycles. The van der Waals surface area contributed by atoms with Gasteiger partial charge in [0.15, 0.2) is 5.15 Å². The summed E-state index contributed by atoms with van der Waals surface area (Å²) in [6.07, 6.45) is 1.69. The zero-order valence-electron chi connectivity index (χ0n) is 9.67. The zero-order chi connectivity index (χ0) is 13.1. The molecule has 18 heavy (non-hydrogen) atoms. The molecule has 0 atom stereocenters. The minimum absolute atomic E-state index is 0.475. The first-order valence-corrected chi connectivity index (χ1v) is 6.91. The van der Waals surface area contributed by atoms with E-state index >= 15 is 0 Å². The molecule has 2 aromatic rings. The Balaban J connectivity index is 2.16. The van der Waals surface area contributed by atoms with Gasteiger partial charge in [-0.2, -0.15) is 0 Å². The fourth-order valence-corrected chi connectivity index (χ4v) is 2.60. The lowest BCUT2D eigenvalue weighted by Gasteiger charge is -2.11. The molecule has 0 unspecified atom stereocenters. The Kier molecular flexibility index (Phi) is 4.49. The van der Waals surface area contributed by atoms with Gasteiger partial charge in [0.25, 0.3) is 0 Å². The zero-order valence-corrected chi connectivity index (χ0v) is 12.8. The van der Waals surface area contributed by atoms with Crippen LogP contribution in [0.3, 0.4) is 0 Å². The number of hydrogen-bond donors (Lipinski definition) is 1. The summed E-state index contributed by atoms with van der Waals surface area (Å²) in [5.74, 6) is 0. The standard InChI is InChI=1S/C13H11BrCl2N2/c1-8-4-5-17-13(16)12(8)18-7-9-2-3-10(14)6-11(9)15/h2-6,18H,7H2,1H3. The fourth-order valence-electron chi connectivity index (χ4n) is 1.59. The van der Waals surface area contributed by atoms with E-state index in [1.54, 1.807) is 6.20 Å². The predicted molar refractivity (Wildman–Crippen MR) is 80.5 cm³/mol. The highest BCUT2D eigenvalue weighted by atomic mass is 79.9. The number of halogens is 3. The summed E-state index contributed by atoms with van der Waals surface area (Å²) in [5.41, 5.74) is 2.92. The van der Waals surface area contributed by atoms with Crippen LogP contribution in [0.4, 0.5) is 5.69 Å². The minimum Gasteiger partial charge on any atom is -0.378 e. The molecule has 0 spiro atoms. The molecule has 2 nitrogen and oxygen atoms in total. The van der Waals surface area contributed by atoms with E-state index in [1.165, 1.54) is 0 Å². The summed E-state index contributed by atoms with van der Waals surface area (Å²) in [6.45, 7) is 2.59. The number of nitrogens with zero attached hydrogens (tertiary/aromatic N) is 1. The van der Waals surface area contributed by atoms with Crippen molar-refractivity contribution in [3.63, 3.8) is 0 Å². The number of aromatic nitrogens is 1. The van der Waals surface area contributed by atoms with E-state index in [9.17, 15) is 0 Å². The highest BCUT2D eigenvalue weighted by Crippen LogP contribution is 2.26. The Bertz CT molecular complexity index is 553. The number of rotatable bonds is 3. The molecule has 0 radical (unpaired) electrons. The van der Waals surface area contributed by atoms with Gasteiger partial charge in [0.1, 0.15) is 0 Å². The number of nitrogens with one attached hydrogen (secondary N) is 1. The van der Waals surface area contributed by atoms with Crippen molar-refractivity contribution in [1.29, 1.82) is 0 Å². The molecule has 2 rings (SSSR count). The van der Waals surface area contributed by atoms with Crippen LogP contribution in [0.15, 0.2) is 34.9 Å². The molecule has 94 valence electrons. The molecule has 1 heterocycles. The van der Waals surface area contributed by atoms with E-state index in [2.05, 4.69) is 26.2 Å². The maximum Gasteiger partial charge on any atom is 0.152 e. The molecule has 0 amide bonds. The van der Waals surface area contributed by atoms with Crippen molar-refractivity contribution in [2.45, 2.75) is 13.5 Å². The van der Waals surface area contributed by atoms with Crippen LogP contribution in [0.1, 0.15) is 11.1 Å². The quantitative estimate of drug-likeness (QED) is 0.785. The van der Waals surface area contributed by atoms with Gasteiger partial charge in [-0.1, -0.05) is 45.2 Å². The average molecular weight is 346 g/mol. The van der Waals surface area contributed by atoms with E-state index in [0.717, 1.165) is 26.3 Å². The first-order valence-electron chi connectivity index (χ1n) is 5.37. The van der Waals surface area contributed by atoms with Crippen LogP contribution < -0.4 is 5.32 Å². The third kappa shape index (κ3) is 3.16. The Morgan fingerprint density at radius 3 is 2.72 bits per heavy atom. The largest absolute Gasteiger partial charge is 0.378 e. The highest BCUT2D eigenvalue weighted by molar-refractivity contribution is 9.10. The van der Waals surface area contributed by atoms with Crippen LogP contribution in [-0.2, 0) is 6.54 Å². The van der Waals surface area contributed by atoms with Gasteiger partial charge in [0.2, 0.25) is 0 Å². The Morgan fingerprint density at radius 2 is 2.06 bits per heavy atom. The average Bonchev–Trinajstić information content (AvgIpc) is 2.31. The lowest BCUT2D eigenvalue weighted by atomic mass is 10.2. The summed E-state index contributed by atoms with van der Waals surface area (Å²) in [5, 5.41) is 4.46. The van der Waals surface area contributed by atoms with E-state index in [4.69, 9.17) is 23.2 Å². The molecule has 5 heteroatoms. The van der Waals surface area contributed by atoms with Gasteiger partial charge in [-0.05, 0) is 36.2 Å². The predicted octanol–water partition coefficient (Wildman–Crippen LogP) is 5.07. The molecule has 0 aliphatic carbocycles. The van der Waals surface area contributed by atoms with Crippen LogP contribution in [0, 0.1) is 6.92 Å². The second-order valence-corrected chi connectivity index (χ2v) is 5.56. The Morgan fingerprint density at radius 1 is 1.28 bits per heavy atom. The van der Waals surface area contributed by atoms with Gasteiger partial charge < -0.3 is 5.32 Å². The number of aryl methyl sites for hydroxylation is 1. The molecule has 1 N–H and O–H groups in total. The highest BCUT2D eigenvalue weighted by Gasteiger charge is 2.06. The first kappa shape index (κ1) is 13.7. The fraction of sp³-hybridized carbons (Fsp3) is 0.154. The van der Waals surface area contributed by atoms with Crippen LogP contribution in [0.2, 0.25) is 10.2 Å². The third-order valence-corrected chi connectivity index (χ3v) is 3.72. The summed E-state index contributed by atoms with van der Waals surface area (Å²) in [6, 6.07) is 7.72. The summed E-state index contributed by atoms with van der Waals surface area (Å²) in [7, 11) is 0. The Labute approximate surface area is 124 Å². The molecule has 0 aliphatic rings. The molecule has 1 aromatic carbocycles. The summed E-state index contributed by atoms with van der Waals surface area (Å²) < 4.78 is 0.965. The van der Waals surface area contributed by atoms with Crippen molar-refractivity contribution in [3.8, 4) is 0 Å². The van der Waals surface area contributed by atoms with Gasteiger partial charge >= 0.3 is 0 Å². The minimum atomic E-state index is 0.475. The maximum atomic E-state index is 6.16. The van der Waals surface area contributed by atoms with E-state index in [-0.39, 0.29) is 0 Å². The van der Waals surface area contributed by atoms with Crippen molar-refractivity contribution in [3.05, 3.63) is 56.2 Å². The van der Waals surface area contributed by atoms with Gasteiger partial charge in [-0.15, -0.1) is 0 Å². The molecule has 0 bridgehead atoms. The van der Waals surface area contributed by atoms with Crippen LogP contribution in [-0.4, -0.2) is 4.98 Å². The van der Waals surface area contributed by atoms with Crippen molar-refractivity contribution in [2.24, 2.45) is 0 Å². The number of pyridine rings is 1. The second-order valence-electron chi connectivity index (χ2n) is 3.88. The van der Waals surface area contributed by atoms with Crippen molar-refractivity contribution < 1.29 is 0 Å². The van der Waals surface area contributed by atoms with Gasteiger partial charge in [-0.3, -0.25) is 0 Å². The Hall–Kier alpha value is -0.770. The second kappa shape index (κ2) is 5.91. The molecule has 0 aliphatic heterocycles. The van der Waals surface area contributed by atoms with Crippen molar-refractivity contribution in [1.82, 2.24) is 4.98 Å². The lowest BCUT2D eigenvalue weighted by Crippen LogP contribution is -2.03. The van der Waals surface area contributed by atoms with Gasteiger partial charge in [0.05, 0.1) is 5.69 Å². The summed E-state index contributed by atoms with van der Waals surface area (Å²) >= 11 is 15.6. The topological polar surface area (TPSA) is 24.9 Å². The molecule has 1 aromatic heterocycles. The van der Waals surface area contributed by atoms with Crippen molar-refractivity contribution in [2.75, 3.05) is 5.32 Å². The molecular formula is C13H11BrCl2N2. The van der Waals surface area contributed by atoms with Crippen LogP contribution >= 0.6 is 39.1 Å². The molecular weight excluding hydrogens is 335 g/mol. The number of hydrogen-bond acceptors (Lipinski definition) is 2. The third-order valence-electron chi connectivity index (χ3n) is 2.58. The molecule has 0 saturated carbocycles. The maximum absolute atomic E-state index is 6.16. The first-order chi connectivity index (χ1) is 8.58. The van der Waals surface area contributed by atoms with Crippen LogP contribution in [0.25, 0.3) is 0 Å². The van der Waals surface area contributed by atoms with E-state index in [1.807, 2.05) is 31.2 Å². The summed E-state index contributed by atoms with van der Waals surface area (Å²) in [4.78, 5) is 4.05. The molecule has 0 fully saturated rings. The van der Waals surface area contributed by atoms with E-state index in [0.29, 0.717) is 11.7 Å². The van der Waals surface area contributed by atoms with Crippen molar-refractivity contribution >= 4 is 44.8 Å². The normalized spacial score (nSPS) is 10.4. The SMILES string of the molecule is Cc1ccnc(Cl)c1NCc1ccc(Br)cc1Cl. The smallest absolute Gasteiger partial charge is 0.152 e. The van der Waals surface area contributed by atoms with Gasteiger partial charge in [-0.25, -0.2) is 4.98 Å². The number of anilines is 1. The number of benzene rings is 1. The monoisotopic (exact) mass is 344 g/mol. The lowest BCUT2D eigenvalue weighted by molar-refractivity contribution is 1.12. The van der Waals surface area contributed by atoms with Gasteiger partial charge in [0, 0.05) is 22.2 Å².